The standard InChI is InChI=1S/C19H24N4O4/c1-14-3-2-4-16(11-14)20-17(24)6-5-15-7-9-22(10-8-15)18(25)12-23-13-19(26)27-21-23/h2-4,11,13,15H,5-10,12H2,1H3,(H-,20,21,24,26)/p+1. The molecule has 0 spiro atoms. The number of aryl methyl sites for hydroxylation is 1. The van der Waals surface area contributed by atoms with Gasteiger partial charge < -0.3 is 10.2 Å². The summed E-state index contributed by atoms with van der Waals surface area (Å²) in [5.74, 6) is 0.422. The molecule has 27 heavy (non-hydrogen) atoms. The van der Waals surface area contributed by atoms with Crippen LogP contribution >= 0.6 is 0 Å². The monoisotopic (exact) mass is 373 g/mol. The molecule has 1 fully saturated rings. The Morgan fingerprint density at radius 3 is 2.78 bits per heavy atom. The molecule has 0 aliphatic carbocycles. The van der Waals surface area contributed by atoms with Crippen LogP contribution in [-0.2, 0) is 16.1 Å². The molecule has 2 aromatic rings. The van der Waals surface area contributed by atoms with E-state index in [9.17, 15) is 14.4 Å². The van der Waals surface area contributed by atoms with Crippen LogP contribution in [0.3, 0.4) is 0 Å². The highest BCUT2D eigenvalue weighted by Gasteiger charge is 2.26. The summed E-state index contributed by atoms with van der Waals surface area (Å²) in [6.07, 6.45) is 4.30. The zero-order valence-corrected chi connectivity index (χ0v) is 15.4. The number of piperidine rings is 1. The van der Waals surface area contributed by atoms with Gasteiger partial charge in [-0.15, -0.1) is 0 Å². The van der Waals surface area contributed by atoms with Crippen molar-refractivity contribution in [3.63, 3.8) is 0 Å². The van der Waals surface area contributed by atoms with E-state index in [1.165, 1.54) is 10.9 Å². The largest absolute Gasteiger partial charge is 0.426 e. The summed E-state index contributed by atoms with van der Waals surface area (Å²) in [4.78, 5) is 37.2. The van der Waals surface area contributed by atoms with Gasteiger partial charge in [-0.2, -0.15) is 0 Å². The van der Waals surface area contributed by atoms with E-state index in [1.54, 1.807) is 4.90 Å². The number of carbonyl (C=O) groups excluding carboxylic acids is 2. The van der Waals surface area contributed by atoms with Crippen molar-refractivity contribution in [1.82, 2.24) is 10.2 Å². The summed E-state index contributed by atoms with van der Waals surface area (Å²) >= 11 is 0. The second-order valence-corrected chi connectivity index (χ2v) is 7.05. The van der Waals surface area contributed by atoms with E-state index in [4.69, 9.17) is 0 Å². The Hall–Kier alpha value is -2.90. The maximum atomic E-state index is 12.3. The number of hydrogen-bond donors (Lipinski definition) is 2. The van der Waals surface area contributed by atoms with Crippen LogP contribution in [0.25, 0.3) is 0 Å². The quantitative estimate of drug-likeness (QED) is 0.744. The molecular formula is C19H25N4O4+. The number of likely N-dealkylation sites (tertiary alicyclic amines) is 1. The van der Waals surface area contributed by atoms with Gasteiger partial charge in [-0.05, 0) is 55.1 Å². The summed E-state index contributed by atoms with van der Waals surface area (Å²) in [7, 11) is 0. The van der Waals surface area contributed by atoms with E-state index >= 15 is 0 Å². The lowest BCUT2D eigenvalue weighted by Crippen LogP contribution is -2.48. The topological polar surface area (TPSA) is 99.3 Å². The molecule has 8 nitrogen and oxygen atoms in total. The predicted octanol–water partition coefficient (Wildman–Crippen LogP) is 1.22. The number of benzene rings is 1. The zero-order chi connectivity index (χ0) is 19.2. The molecule has 2 heterocycles. The number of aromatic nitrogens is 2. The summed E-state index contributed by atoms with van der Waals surface area (Å²) < 4.78 is 5.89. The first-order chi connectivity index (χ1) is 13.0. The van der Waals surface area contributed by atoms with Gasteiger partial charge in [-0.3, -0.25) is 14.1 Å². The first kappa shape index (κ1) is 18.9. The highest BCUT2D eigenvalue weighted by Crippen LogP contribution is 2.22. The Labute approximate surface area is 157 Å². The molecule has 0 radical (unpaired) electrons. The van der Waals surface area contributed by atoms with Crippen molar-refractivity contribution in [2.45, 2.75) is 39.2 Å². The van der Waals surface area contributed by atoms with E-state index in [1.807, 2.05) is 31.2 Å². The first-order valence-corrected chi connectivity index (χ1v) is 9.22. The fraction of sp³-hybridized carbons (Fsp3) is 0.474. The normalized spacial score (nSPS) is 14.9. The van der Waals surface area contributed by atoms with Gasteiger partial charge in [0.1, 0.15) is 0 Å². The van der Waals surface area contributed by atoms with Crippen LogP contribution in [0.5, 0.6) is 0 Å². The maximum absolute atomic E-state index is 12.3. The maximum Gasteiger partial charge on any atom is 0.426 e. The van der Waals surface area contributed by atoms with E-state index in [-0.39, 0.29) is 18.4 Å². The Morgan fingerprint density at radius 2 is 2.11 bits per heavy atom. The highest BCUT2D eigenvalue weighted by atomic mass is 16.5. The number of nitrogens with zero attached hydrogens (tertiary/aromatic N) is 2. The summed E-state index contributed by atoms with van der Waals surface area (Å²) in [6.45, 7) is 3.40. The number of aromatic amines is 1. The number of rotatable bonds is 6. The molecule has 1 aromatic carbocycles. The van der Waals surface area contributed by atoms with E-state index in [0.717, 1.165) is 30.5 Å². The number of nitrogens with one attached hydrogen (secondary N) is 2. The smallest absolute Gasteiger partial charge is 0.337 e. The molecule has 0 saturated carbocycles. The van der Waals surface area contributed by atoms with Crippen LogP contribution in [0, 0.1) is 12.8 Å². The van der Waals surface area contributed by atoms with Crippen molar-refractivity contribution >= 4 is 17.5 Å². The van der Waals surface area contributed by atoms with Crippen molar-refractivity contribution in [1.29, 1.82) is 0 Å². The lowest BCUT2D eigenvalue weighted by Gasteiger charge is -2.31. The van der Waals surface area contributed by atoms with Crippen LogP contribution in [0.1, 0.15) is 31.2 Å². The number of anilines is 1. The molecule has 1 aliphatic rings. The number of carbonyl (C=O) groups is 2. The minimum atomic E-state index is -0.509. The molecule has 1 aliphatic heterocycles. The Morgan fingerprint density at radius 1 is 1.33 bits per heavy atom. The number of hydrogen-bond acceptors (Lipinski definition) is 4. The van der Waals surface area contributed by atoms with Crippen molar-refractivity contribution in [3.8, 4) is 0 Å². The van der Waals surface area contributed by atoms with Gasteiger partial charge in [0.2, 0.25) is 5.91 Å². The Balaban J connectivity index is 1.38. The van der Waals surface area contributed by atoms with Gasteiger partial charge in [-0.25, -0.2) is 4.79 Å². The molecule has 0 bridgehead atoms. The van der Waals surface area contributed by atoms with Gasteiger partial charge in [-0.1, -0.05) is 16.8 Å². The molecule has 3 rings (SSSR count). The fourth-order valence-electron chi connectivity index (χ4n) is 3.36. The van der Waals surface area contributed by atoms with Gasteiger partial charge in [0.05, 0.1) is 0 Å². The summed E-state index contributed by atoms with van der Waals surface area (Å²) in [6, 6.07) is 7.76. The number of amides is 2. The Bertz CT molecular complexity index is 849. The molecule has 1 aromatic heterocycles. The van der Waals surface area contributed by atoms with Crippen LogP contribution < -0.4 is 15.6 Å². The molecule has 1 saturated heterocycles. The van der Waals surface area contributed by atoms with E-state index in [0.29, 0.717) is 25.4 Å². The third-order valence-electron chi connectivity index (χ3n) is 4.88. The van der Waals surface area contributed by atoms with Gasteiger partial charge in [0.15, 0.2) is 0 Å². The summed E-state index contributed by atoms with van der Waals surface area (Å²) in [5.41, 5.74) is 1.43. The average Bonchev–Trinajstić information content (AvgIpc) is 3.05. The molecule has 0 atom stereocenters. The van der Waals surface area contributed by atoms with Crippen LogP contribution in [-0.4, -0.2) is 35.1 Å². The van der Waals surface area contributed by atoms with E-state index < -0.39 is 5.63 Å². The number of H-pyrrole nitrogens is 1. The third-order valence-corrected chi connectivity index (χ3v) is 4.88. The highest BCUT2D eigenvalue weighted by molar-refractivity contribution is 5.90. The van der Waals surface area contributed by atoms with Crippen molar-refractivity contribution in [3.05, 3.63) is 46.4 Å². The lowest BCUT2D eigenvalue weighted by molar-refractivity contribution is -0.751. The van der Waals surface area contributed by atoms with Crippen LogP contribution in [0.15, 0.2) is 39.8 Å². The zero-order valence-electron chi connectivity index (χ0n) is 15.4. The Kier molecular flexibility index (Phi) is 6.05. The van der Waals surface area contributed by atoms with Crippen molar-refractivity contribution in [2.24, 2.45) is 5.92 Å². The predicted molar refractivity (Wildman–Crippen MR) is 97.9 cm³/mol. The second-order valence-electron chi connectivity index (χ2n) is 7.05. The van der Waals surface area contributed by atoms with Crippen molar-refractivity contribution < 1.29 is 18.8 Å². The summed E-state index contributed by atoms with van der Waals surface area (Å²) in [5, 5.41) is 5.31. The first-order valence-electron chi connectivity index (χ1n) is 9.22. The molecular weight excluding hydrogens is 348 g/mol. The molecule has 8 heteroatoms. The molecule has 144 valence electrons. The molecule has 2 N–H and O–H groups in total. The van der Waals surface area contributed by atoms with Crippen LogP contribution in [0.4, 0.5) is 5.69 Å². The fourth-order valence-corrected chi connectivity index (χ4v) is 3.36. The van der Waals surface area contributed by atoms with Gasteiger partial charge in [0, 0.05) is 25.2 Å². The average molecular weight is 373 g/mol. The lowest BCUT2D eigenvalue weighted by atomic mass is 9.92. The minimum Gasteiger partial charge on any atom is -0.337 e. The molecule has 2 amide bonds. The third kappa shape index (κ3) is 5.54. The van der Waals surface area contributed by atoms with Crippen molar-refractivity contribution in [2.75, 3.05) is 18.4 Å². The minimum absolute atomic E-state index is 0.0272. The van der Waals surface area contributed by atoms with E-state index in [2.05, 4.69) is 15.1 Å². The van der Waals surface area contributed by atoms with Gasteiger partial charge in [0.25, 0.3) is 18.6 Å². The van der Waals surface area contributed by atoms with Crippen LogP contribution in [0.2, 0.25) is 0 Å². The van der Waals surface area contributed by atoms with Gasteiger partial charge >= 0.3 is 5.63 Å². The SMILES string of the molecule is Cc1cccc(NC(=O)CCC2CCN(C(=O)C[n+]3cc(=O)o[nH]3)CC2)c1. The molecule has 0 unspecified atom stereocenters. The second kappa shape index (κ2) is 8.66.